The van der Waals surface area contributed by atoms with Crippen LogP contribution in [0.1, 0.15) is 47.1 Å². The quantitative estimate of drug-likeness (QED) is 0.699. The fourth-order valence-electron chi connectivity index (χ4n) is 4.60. The molecule has 0 aliphatic carbocycles. The number of imidazole rings is 1. The SMILES string of the molecule is CS(=O)(=O)N1CCc2cc(C(=O)N3CCCC[C@H]3c3nc4ccccc4[nH]3)ccc21. The average molecular weight is 425 g/mol. The first kappa shape index (κ1) is 19.1. The maximum atomic E-state index is 13.4. The van der Waals surface area contributed by atoms with Crippen LogP contribution < -0.4 is 4.31 Å². The Morgan fingerprint density at radius 2 is 1.97 bits per heavy atom. The van der Waals surface area contributed by atoms with Gasteiger partial charge in [-0.3, -0.25) is 9.10 Å². The third kappa shape index (κ3) is 3.25. The minimum absolute atomic E-state index is 0.0271. The first-order valence-corrected chi connectivity index (χ1v) is 12.1. The Hall–Kier alpha value is -2.87. The van der Waals surface area contributed by atoms with E-state index < -0.39 is 10.0 Å². The molecule has 5 rings (SSSR count). The number of para-hydroxylation sites is 2. The summed E-state index contributed by atoms with van der Waals surface area (Å²) in [6, 6.07) is 13.2. The highest BCUT2D eigenvalue weighted by atomic mass is 32.2. The molecule has 3 heterocycles. The van der Waals surface area contributed by atoms with Crippen LogP contribution >= 0.6 is 0 Å². The molecule has 1 amide bonds. The molecule has 156 valence electrons. The lowest BCUT2D eigenvalue weighted by molar-refractivity contribution is 0.0601. The van der Waals surface area contributed by atoms with Crippen molar-refractivity contribution >= 4 is 32.7 Å². The van der Waals surface area contributed by atoms with E-state index in [4.69, 9.17) is 4.98 Å². The van der Waals surface area contributed by atoms with E-state index in [1.54, 1.807) is 12.1 Å². The summed E-state index contributed by atoms with van der Waals surface area (Å²) < 4.78 is 25.4. The zero-order valence-electron chi connectivity index (χ0n) is 16.8. The van der Waals surface area contributed by atoms with Crippen LogP contribution in [-0.2, 0) is 16.4 Å². The second-order valence-corrected chi connectivity index (χ2v) is 9.98. The normalized spacial score (nSPS) is 19.3. The lowest BCUT2D eigenvalue weighted by Crippen LogP contribution is -2.39. The number of nitrogens with one attached hydrogen (secondary N) is 1. The summed E-state index contributed by atoms with van der Waals surface area (Å²) in [6.07, 6.45) is 4.73. The summed E-state index contributed by atoms with van der Waals surface area (Å²) in [5, 5.41) is 0. The molecule has 1 aromatic heterocycles. The van der Waals surface area contributed by atoms with Crippen molar-refractivity contribution in [3.8, 4) is 0 Å². The van der Waals surface area contributed by atoms with E-state index in [0.29, 0.717) is 30.8 Å². The maximum absolute atomic E-state index is 13.4. The number of anilines is 1. The van der Waals surface area contributed by atoms with Gasteiger partial charge in [0.1, 0.15) is 5.82 Å². The fraction of sp³-hybridized carbons (Fsp3) is 0.364. The van der Waals surface area contributed by atoms with Crippen LogP contribution in [0.4, 0.5) is 5.69 Å². The van der Waals surface area contributed by atoms with Gasteiger partial charge < -0.3 is 9.88 Å². The molecule has 7 nitrogen and oxygen atoms in total. The smallest absolute Gasteiger partial charge is 0.254 e. The van der Waals surface area contributed by atoms with Crippen LogP contribution in [0, 0.1) is 0 Å². The number of piperidine rings is 1. The number of rotatable bonds is 3. The Labute approximate surface area is 175 Å². The molecular formula is C22H24N4O3S. The van der Waals surface area contributed by atoms with Crippen molar-refractivity contribution in [2.24, 2.45) is 0 Å². The Balaban J connectivity index is 1.46. The summed E-state index contributed by atoms with van der Waals surface area (Å²) in [7, 11) is -3.30. The van der Waals surface area contributed by atoms with Crippen LogP contribution in [0.25, 0.3) is 11.0 Å². The average Bonchev–Trinajstić information content (AvgIpc) is 3.36. The van der Waals surface area contributed by atoms with Crippen molar-refractivity contribution in [3.63, 3.8) is 0 Å². The topological polar surface area (TPSA) is 86.4 Å². The van der Waals surface area contributed by atoms with Gasteiger partial charge >= 0.3 is 0 Å². The van der Waals surface area contributed by atoms with Gasteiger partial charge in [0, 0.05) is 18.7 Å². The molecule has 2 aromatic carbocycles. The summed E-state index contributed by atoms with van der Waals surface area (Å²) in [5.41, 5.74) is 4.07. The Morgan fingerprint density at radius 1 is 1.13 bits per heavy atom. The molecule has 0 radical (unpaired) electrons. The number of H-pyrrole nitrogens is 1. The van der Waals surface area contributed by atoms with Crippen molar-refractivity contribution in [1.29, 1.82) is 0 Å². The van der Waals surface area contributed by atoms with Gasteiger partial charge in [-0.05, 0) is 61.6 Å². The number of fused-ring (bicyclic) bond motifs is 2. The molecule has 0 unspecified atom stereocenters. The van der Waals surface area contributed by atoms with Crippen LogP contribution in [0.3, 0.4) is 0 Å². The monoisotopic (exact) mass is 424 g/mol. The Bertz CT molecular complexity index is 1200. The van der Waals surface area contributed by atoms with E-state index in [1.165, 1.54) is 10.6 Å². The van der Waals surface area contributed by atoms with E-state index in [2.05, 4.69) is 4.98 Å². The van der Waals surface area contributed by atoms with Gasteiger partial charge in [-0.2, -0.15) is 0 Å². The maximum Gasteiger partial charge on any atom is 0.254 e. The second-order valence-electron chi connectivity index (χ2n) is 8.08. The highest BCUT2D eigenvalue weighted by Crippen LogP contribution is 2.34. The minimum atomic E-state index is -3.30. The number of sulfonamides is 1. The largest absolute Gasteiger partial charge is 0.340 e. The van der Waals surface area contributed by atoms with E-state index in [0.717, 1.165) is 41.7 Å². The molecule has 2 aliphatic rings. The second kappa shape index (κ2) is 7.12. The van der Waals surface area contributed by atoms with Crippen LogP contribution in [0.2, 0.25) is 0 Å². The van der Waals surface area contributed by atoms with Crippen LogP contribution in [0.15, 0.2) is 42.5 Å². The molecule has 1 N–H and O–H groups in total. The minimum Gasteiger partial charge on any atom is -0.340 e. The molecule has 2 aliphatic heterocycles. The standard InChI is InChI=1S/C22H24N4O3S/c1-30(28,29)26-13-11-15-14-16(9-10-19(15)26)22(27)25-12-5-4-8-20(25)21-23-17-6-2-3-7-18(17)24-21/h2-3,6-7,9-10,14,20H,4-5,8,11-13H2,1H3,(H,23,24)/t20-/m0/s1. The third-order valence-electron chi connectivity index (χ3n) is 6.07. The van der Waals surface area contributed by atoms with E-state index in [9.17, 15) is 13.2 Å². The van der Waals surface area contributed by atoms with Gasteiger partial charge in [0.05, 0.1) is 29.0 Å². The summed E-state index contributed by atoms with van der Waals surface area (Å²) in [6.45, 7) is 1.12. The summed E-state index contributed by atoms with van der Waals surface area (Å²) in [5.74, 6) is 0.800. The molecular weight excluding hydrogens is 400 g/mol. The molecule has 8 heteroatoms. The molecule has 3 aromatic rings. The highest BCUT2D eigenvalue weighted by molar-refractivity contribution is 7.92. The lowest BCUT2D eigenvalue weighted by atomic mass is 9.99. The molecule has 1 atom stereocenters. The van der Waals surface area contributed by atoms with Gasteiger partial charge in [-0.25, -0.2) is 13.4 Å². The fourth-order valence-corrected chi connectivity index (χ4v) is 5.56. The number of carbonyl (C=O) groups is 1. The number of aromatic amines is 1. The molecule has 30 heavy (non-hydrogen) atoms. The first-order chi connectivity index (χ1) is 14.4. The van der Waals surface area contributed by atoms with Crippen molar-refractivity contribution in [3.05, 3.63) is 59.4 Å². The van der Waals surface area contributed by atoms with E-state index >= 15 is 0 Å². The zero-order chi connectivity index (χ0) is 20.9. The van der Waals surface area contributed by atoms with Crippen molar-refractivity contribution in [2.45, 2.75) is 31.7 Å². The highest BCUT2D eigenvalue weighted by Gasteiger charge is 2.32. The molecule has 1 saturated heterocycles. The summed E-state index contributed by atoms with van der Waals surface area (Å²) >= 11 is 0. The van der Waals surface area contributed by atoms with Crippen LogP contribution in [-0.4, -0.2) is 48.5 Å². The number of aromatic nitrogens is 2. The van der Waals surface area contributed by atoms with Gasteiger partial charge in [-0.1, -0.05) is 12.1 Å². The lowest BCUT2D eigenvalue weighted by Gasteiger charge is -2.34. The van der Waals surface area contributed by atoms with Gasteiger partial charge in [0.2, 0.25) is 10.0 Å². The number of likely N-dealkylation sites (tertiary alicyclic amines) is 1. The van der Waals surface area contributed by atoms with E-state index in [1.807, 2.05) is 35.2 Å². The van der Waals surface area contributed by atoms with Crippen molar-refractivity contribution < 1.29 is 13.2 Å². The van der Waals surface area contributed by atoms with Crippen molar-refractivity contribution in [2.75, 3.05) is 23.7 Å². The van der Waals surface area contributed by atoms with Crippen molar-refractivity contribution in [1.82, 2.24) is 14.9 Å². The van der Waals surface area contributed by atoms with E-state index in [-0.39, 0.29) is 11.9 Å². The number of nitrogens with zero attached hydrogens (tertiary/aromatic N) is 3. The molecule has 0 bridgehead atoms. The number of benzene rings is 2. The number of carbonyl (C=O) groups excluding carboxylic acids is 1. The Kier molecular flexibility index (Phi) is 4.54. The van der Waals surface area contributed by atoms with Crippen LogP contribution in [0.5, 0.6) is 0 Å². The molecule has 0 spiro atoms. The van der Waals surface area contributed by atoms with Gasteiger partial charge in [0.15, 0.2) is 0 Å². The Morgan fingerprint density at radius 3 is 2.77 bits per heavy atom. The summed E-state index contributed by atoms with van der Waals surface area (Å²) in [4.78, 5) is 23.5. The van der Waals surface area contributed by atoms with Gasteiger partial charge in [-0.15, -0.1) is 0 Å². The predicted molar refractivity (Wildman–Crippen MR) is 116 cm³/mol. The number of hydrogen-bond donors (Lipinski definition) is 1. The predicted octanol–water partition coefficient (Wildman–Crippen LogP) is 3.25. The van der Waals surface area contributed by atoms with Gasteiger partial charge in [0.25, 0.3) is 5.91 Å². The zero-order valence-corrected chi connectivity index (χ0v) is 17.7. The number of amides is 1. The molecule has 0 saturated carbocycles. The first-order valence-electron chi connectivity index (χ1n) is 10.3. The number of hydrogen-bond acceptors (Lipinski definition) is 4. The third-order valence-corrected chi connectivity index (χ3v) is 7.25. The molecule has 1 fully saturated rings.